The maximum atomic E-state index is 11.8. The molecule has 22 heavy (non-hydrogen) atoms. The monoisotopic (exact) mass is 307 g/mol. The summed E-state index contributed by atoms with van der Waals surface area (Å²) in [5.41, 5.74) is 1.56. The Morgan fingerprint density at radius 3 is 2.27 bits per heavy atom. The van der Waals surface area contributed by atoms with E-state index < -0.39 is 6.09 Å². The molecule has 120 valence electrons. The van der Waals surface area contributed by atoms with Gasteiger partial charge in [0.15, 0.2) is 0 Å². The minimum Gasteiger partial charge on any atom is -0.465 e. The molecule has 0 aromatic heterocycles. The predicted molar refractivity (Wildman–Crippen MR) is 82.3 cm³/mol. The zero-order chi connectivity index (χ0) is 15.9. The van der Waals surface area contributed by atoms with Crippen LogP contribution in [0.5, 0.6) is 0 Å². The van der Waals surface area contributed by atoms with E-state index in [1.165, 1.54) is 4.90 Å². The number of nitrogens with zero attached hydrogens (tertiary/aromatic N) is 2. The first-order valence-electron chi connectivity index (χ1n) is 7.34. The van der Waals surface area contributed by atoms with Crippen molar-refractivity contribution in [2.45, 2.75) is 6.42 Å². The van der Waals surface area contributed by atoms with Gasteiger partial charge in [0, 0.05) is 50.6 Å². The number of carbonyl (C=O) groups excluding carboxylic acids is 1. The minimum absolute atomic E-state index is 0.0571. The van der Waals surface area contributed by atoms with Crippen LogP contribution in [0.2, 0.25) is 0 Å². The molecule has 7 heteroatoms. The summed E-state index contributed by atoms with van der Waals surface area (Å²) in [4.78, 5) is 26.2. The van der Waals surface area contributed by atoms with Crippen LogP contribution in [-0.2, 0) is 0 Å². The van der Waals surface area contributed by atoms with E-state index in [0.717, 1.165) is 5.69 Å². The molecule has 0 spiro atoms. The number of anilines is 1. The van der Waals surface area contributed by atoms with Crippen molar-refractivity contribution in [1.29, 1.82) is 0 Å². The number of benzene rings is 1. The molecular formula is C15H21N3O4. The van der Waals surface area contributed by atoms with Gasteiger partial charge in [-0.15, -0.1) is 0 Å². The lowest BCUT2D eigenvalue weighted by Crippen LogP contribution is -2.48. The van der Waals surface area contributed by atoms with Crippen molar-refractivity contribution >= 4 is 17.7 Å². The zero-order valence-corrected chi connectivity index (χ0v) is 12.4. The molecule has 1 aromatic carbocycles. The Balaban J connectivity index is 1.89. The summed E-state index contributed by atoms with van der Waals surface area (Å²) in [6.45, 7) is 2.77. The number of piperazine rings is 1. The Morgan fingerprint density at radius 1 is 1.09 bits per heavy atom. The average Bonchev–Trinajstić information content (AvgIpc) is 2.55. The Bertz CT molecular complexity index is 510. The van der Waals surface area contributed by atoms with E-state index in [9.17, 15) is 9.59 Å². The summed E-state index contributed by atoms with van der Waals surface area (Å²) in [5, 5.41) is 20.3. The molecule has 0 saturated carbocycles. The SMILES string of the molecule is O=C(NCCCO)c1ccc(N2CCN(C(=O)O)CC2)cc1. The fourth-order valence-electron chi connectivity index (χ4n) is 2.36. The second-order valence-corrected chi connectivity index (χ2v) is 5.14. The molecule has 0 radical (unpaired) electrons. The van der Waals surface area contributed by atoms with Crippen LogP contribution in [0.4, 0.5) is 10.5 Å². The van der Waals surface area contributed by atoms with Crippen molar-refractivity contribution in [1.82, 2.24) is 10.2 Å². The Kier molecular flexibility index (Phi) is 5.60. The molecule has 1 aliphatic heterocycles. The molecule has 1 fully saturated rings. The van der Waals surface area contributed by atoms with Crippen molar-refractivity contribution < 1.29 is 19.8 Å². The number of carboxylic acid groups (broad SMARTS) is 1. The molecule has 0 atom stereocenters. The number of hydrogen-bond donors (Lipinski definition) is 3. The van der Waals surface area contributed by atoms with Crippen LogP contribution in [0.3, 0.4) is 0 Å². The van der Waals surface area contributed by atoms with E-state index in [0.29, 0.717) is 44.7 Å². The largest absolute Gasteiger partial charge is 0.465 e. The molecule has 0 unspecified atom stereocenters. The van der Waals surface area contributed by atoms with Crippen LogP contribution in [0.1, 0.15) is 16.8 Å². The van der Waals surface area contributed by atoms with E-state index in [1.807, 2.05) is 12.1 Å². The van der Waals surface area contributed by atoms with Crippen molar-refractivity contribution in [3.05, 3.63) is 29.8 Å². The highest BCUT2D eigenvalue weighted by molar-refractivity contribution is 5.94. The number of carbonyl (C=O) groups is 2. The number of aliphatic hydroxyl groups is 1. The third kappa shape index (κ3) is 4.11. The van der Waals surface area contributed by atoms with Gasteiger partial charge in [-0.2, -0.15) is 0 Å². The molecule has 2 amide bonds. The highest BCUT2D eigenvalue weighted by atomic mass is 16.4. The minimum atomic E-state index is -0.880. The molecule has 7 nitrogen and oxygen atoms in total. The highest BCUT2D eigenvalue weighted by Gasteiger charge is 2.20. The molecule has 0 aliphatic carbocycles. The lowest BCUT2D eigenvalue weighted by molar-refractivity contribution is 0.0951. The van der Waals surface area contributed by atoms with Crippen molar-refractivity contribution in [2.24, 2.45) is 0 Å². The Morgan fingerprint density at radius 2 is 1.73 bits per heavy atom. The maximum Gasteiger partial charge on any atom is 0.407 e. The molecule has 0 bridgehead atoms. The smallest absolute Gasteiger partial charge is 0.407 e. The second-order valence-electron chi connectivity index (χ2n) is 5.14. The highest BCUT2D eigenvalue weighted by Crippen LogP contribution is 2.17. The molecule has 2 rings (SSSR count). The van der Waals surface area contributed by atoms with E-state index in [1.54, 1.807) is 12.1 Å². The zero-order valence-electron chi connectivity index (χ0n) is 12.4. The van der Waals surface area contributed by atoms with Crippen LogP contribution < -0.4 is 10.2 Å². The van der Waals surface area contributed by atoms with E-state index in [4.69, 9.17) is 10.2 Å². The quantitative estimate of drug-likeness (QED) is 0.693. The van der Waals surface area contributed by atoms with Crippen LogP contribution in [0, 0.1) is 0 Å². The topological polar surface area (TPSA) is 93.1 Å². The summed E-state index contributed by atoms with van der Waals surface area (Å²) in [6, 6.07) is 7.26. The van der Waals surface area contributed by atoms with Gasteiger partial charge in [0.2, 0.25) is 0 Å². The molecular weight excluding hydrogens is 286 g/mol. The van der Waals surface area contributed by atoms with Gasteiger partial charge in [-0.3, -0.25) is 4.79 Å². The Hall–Kier alpha value is -2.28. The summed E-state index contributed by atoms with van der Waals surface area (Å²) in [5.74, 6) is -0.157. The van der Waals surface area contributed by atoms with Crippen LogP contribution in [0.25, 0.3) is 0 Å². The number of rotatable bonds is 5. The molecule has 1 aromatic rings. The second kappa shape index (κ2) is 7.65. The van der Waals surface area contributed by atoms with Gasteiger partial charge < -0.3 is 25.3 Å². The lowest BCUT2D eigenvalue weighted by atomic mass is 10.1. The van der Waals surface area contributed by atoms with Crippen LogP contribution in [-0.4, -0.2) is 66.4 Å². The van der Waals surface area contributed by atoms with E-state index in [2.05, 4.69) is 10.2 Å². The molecule has 1 saturated heterocycles. The molecule has 3 N–H and O–H groups in total. The summed E-state index contributed by atoms with van der Waals surface area (Å²) < 4.78 is 0. The summed E-state index contributed by atoms with van der Waals surface area (Å²) in [7, 11) is 0. The number of amides is 2. The number of nitrogens with one attached hydrogen (secondary N) is 1. The average molecular weight is 307 g/mol. The van der Waals surface area contributed by atoms with Crippen LogP contribution in [0.15, 0.2) is 24.3 Å². The fourth-order valence-corrected chi connectivity index (χ4v) is 2.36. The number of aliphatic hydroxyl groups excluding tert-OH is 1. The van der Waals surface area contributed by atoms with E-state index >= 15 is 0 Å². The normalized spacial score (nSPS) is 14.8. The first kappa shape index (κ1) is 16.1. The van der Waals surface area contributed by atoms with Gasteiger partial charge in [-0.05, 0) is 30.7 Å². The third-order valence-corrected chi connectivity index (χ3v) is 3.67. The van der Waals surface area contributed by atoms with Crippen molar-refractivity contribution in [3.63, 3.8) is 0 Å². The van der Waals surface area contributed by atoms with Gasteiger partial charge in [-0.25, -0.2) is 4.79 Å². The van der Waals surface area contributed by atoms with Gasteiger partial charge in [0.25, 0.3) is 5.91 Å². The Labute approximate surface area is 129 Å². The summed E-state index contributed by atoms with van der Waals surface area (Å²) >= 11 is 0. The van der Waals surface area contributed by atoms with Gasteiger partial charge in [-0.1, -0.05) is 0 Å². The lowest BCUT2D eigenvalue weighted by Gasteiger charge is -2.34. The van der Waals surface area contributed by atoms with Crippen LogP contribution >= 0.6 is 0 Å². The first-order chi connectivity index (χ1) is 10.6. The summed E-state index contributed by atoms with van der Waals surface area (Å²) in [6.07, 6.45) is -0.341. The third-order valence-electron chi connectivity index (χ3n) is 3.67. The van der Waals surface area contributed by atoms with Crippen molar-refractivity contribution in [2.75, 3.05) is 44.2 Å². The number of hydrogen-bond acceptors (Lipinski definition) is 4. The van der Waals surface area contributed by atoms with Gasteiger partial charge in [0.1, 0.15) is 0 Å². The maximum absolute atomic E-state index is 11.8. The molecule has 1 heterocycles. The van der Waals surface area contributed by atoms with Crippen molar-refractivity contribution in [3.8, 4) is 0 Å². The first-order valence-corrected chi connectivity index (χ1v) is 7.34. The fraction of sp³-hybridized carbons (Fsp3) is 0.467. The predicted octanol–water partition coefficient (Wildman–Crippen LogP) is 0.599. The van der Waals surface area contributed by atoms with Gasteiger partial charge in [0.05, 0.1) is 0 Å². The van der Waals surface area contributed by atoms with E-state index in [-0.39, 0.29) is 12.5 Å². The standard InChI is InChI=1S/C15H21N3O4/c19-11-1-6-16-14(20)12-2-4-13(5-3-12)17-7-9-18(10-8-17)15(21)22/h2-5,19H,1,6-11H2,(H,16,20)(H,21,22). The molecule has 1 aliphatic rings. The van der Waals surface area contributed by atoms with Gasteiger partial charge >= 0.3 is 6.09 Å².